The lowest BCUT2D eigenvalue weighted by molar-refractivity contribution is 0.122. The summed E-state index contributed by atoms with van der Waals surface area (Å²) in [5.41, 5.74) is 0.350. The minimum Gasteiger partial charge on any atom is -0.316 e. The van der Waals surface area contributed by atoms with E-state index in [1.165, 1.54) is 26.1 Å². The first-order chi connectivity index (χ1) is 6.47. The molecule has 84 valence electrons. The first-order valence-corrected chi connectivity index (χ1v) is 5.89. The van der Waals surface area contributed by atoms with Crippen molar-refractivity contribution >= 4 is 0 Å². The molecule has 14 heavy (non-hydrogen) atoms. The Bertz CT molecular complexity index is 177. The van der Waals surface area contributed by atoms with Crippen LogP contribution in [0.15, 0.2) is 0 Å². The zero-order valence-corrected chi connectivity index (χ0v) is 10.4. The van der Waals surface area contributed by atoms with Gasteiger partial charge in [-0.2, -0.15) is 0 Å². The highest BCUT2D eigenvalue weighted by Crippen LogP contribution is 2.22. The summed E-state index contributed by atoms with van der Waals surface area (Å²) < 4.78 is 0. The van der Waals surface area contributed by atoms with Gasteiger partial charge in [0.05, 0.1) is 0 Å². The molecule has 1 saturated heterocycles. The van der Waals surface area contributed by atoms with E-state index in [0.29, 0.717) is 5.54 Å². The van der Waals surface area contributed by atoms with Crippen molar-refractivity contribution in [1.29, 1.82) is 0 Å². The third kappa shape index (κ3) is 2.71. The molecule has 0 spiro atoms. The fourth-order valence-corrected chi connectivity index (χ4v) is 1.98. The number of nitrogens with one attached hydrogen (secondary N) is 1. The molecule has 2 heteroatoms. The normalized spacial score (nSPS) is 28.7. The van der Waals surface area contributed by atoms with Crippen LogP contribution in [0.3, 0.4) is 0 Å². The summed E-state index contributed by atoms with van der Waals surface area (Å²) in [6.07, 6.45) is 1.22. The second-order valence-corrected chi connectivity index (χ2v) is 5.44. The lowest BCUT2D eigenvalue weighted by Gasteiger charge is -2.37. The highest BCUT2D eigenvalue weighted by Gasteiger charge is 2.28. The predicted molar refractivity (Wildman–Crippen MR) is 62.5 cm³/mol. The maximum Gasteiger partial charge on any atom is 0.0147 e. The van der Waals surface area contributed by atoms with Gasteiger partial charge in [0.2, 0.25) is 0 Å². The van der Waals surface area contributed by atoms with Crippen molar-refractivity contribution in [3.8, 4) is 0 Å². The molecule has 2 atom stereocenters. The quantitative estimate of drug-likeness (QED) is 0.743. The SMILES string of the molecule is CCC(C)(C)N(C)C[C@@H]1CNC[C@H]1C. The molecule has 0 amide bonds. The molecule has 0 aromatic rings. The first-order valence-electron chi connectivity index (χ1n) is 5.89. The Labute approximate surface area is 89.1 Å². The van der Waals surface area contributed by atoms with Crippen LogP contribution in [0.4, 0.5) is 0 Å². The summed E-state index contributed by atoms with van der Waals surface area (Å²) in [5.74, 6) is 1.68. The third-order valence-electron chi connectivity index (χ3n) is 4.08. The Morgan fingerprint density at radius 1 is 1.36 bits per heavy atom. The van der Waals surface area contributed by atoms with E-state index in [2.05, 4.69) is 45.0 Å². The predicted octanol–water partition coefficient (Wildman–Crippen LogP) is 1.96. The molecule has 1 aliphatic heterocycles. The summed E-state index contributed by atoms with van der Waals surface area (Å²) in [6, 6.07) is 0. The molecule has 0 aromatic heterocycles. The van der Waals surface area contributed by atoms with E-state index >= 15 is 0 Å². The van der Waals surface area contributed by atoms with Crippen LogP contribution in [-0.4, -0.2) is 37.1 Å². The molecule has 0 radical (unpaired) electrons. The van der Waals surface area contributed by atoms with Gasteiger partial charge in [0, 0.05) is 12.1 Å². The summed E-state index contributed by atoms with van der Waals surface area (Å²) >= 11 is 0. The first kappa shape index (κ1) is 12.0. The Morgan fingerprint density at radius 2 is 2.00 bits per heavy atom. The Balaban J connectivity index is 2.43. The molecule has 1 rings (SSSR count). The summed E-state index contributed by atoms with van der Waals surface area (Å²) in [5, 5.41) is 3.47. The van der Waals surface area contributed by atoms with E-state index < -0.39 is 0 Å². The zero-order valence-electron chi connectivity index (χ0n) is 10.4. The molecule has 0 bridgehead atoms. The number of hydrogen-bond acceptors (Lipinski definition) is 2. The second kappa shape index (κ2) is 4.63. The van der Waals surface area contributed by atoms with Gasteiger partial charge >= 0.3 is 0 Å². The van der Waals surface area contributed by atoms with E-state index in [-0.39, 0.29) is 0 Å². The minimum absolute atomic E-state index is 0.350. The average molecular weight is 198 g/mol. The largest absolute Gasteiger partial charge is 0.316 e. The Morgan fingerprint density at radius 3 is 2.43 bits per heavy atom. The van der Waals surface area contributed by atoms with Gasteiger partial charge in [-0.05, 0) is 52.2 Å². The van der Waals surface area contributed by atoms with Crippen molar-refractivity contribution in [2.45, 2.75) is 39.7 Å². The van der Waals surface area contributed by atoms with Gasteiger partial charge in [-0.1, -0.05) is 13.8 Å². The van der Waals surface area contributed by atoms with Crippen LogP contribution < -0.4 is 5.32 Å². The van der Waals surface area contributed by atoms with Crippen LogP contribution in [0, 0.1) is 11.8 Å². The van der Waals surface area contributed by atoms with Crippen LogP contribution in [0.1, 0.15) is 34.1 Å². The van der Waals surface area contributed by atoms with Gasteiger partial charge in [-0.3, -0.25) is 0 Å². The summed E-state index contributed by atoms with van der Waals surface area (Å²) in [6.45, 7) is 12.9. The van der Waals surface area contributed by atoms with Crippen molar-refractivity contribution in [2.24, 2.45) is 11.8 Å². The molecule has 0 aromatic carbocycles. The van der Waals surface area contributed by atoms with Gasteiger partial charge in [-0.15, -0.1) is 0 Å². The van der Waals surface area contributed by atoms with E-state index in [9.17, 15) is 0 Å². The summed E-state index contributed by atoms with van der Waals surface area (Å²) in [7, 11) is 2.26. The van der Waals surface area contributed by atoms with E-state index in [1.807, 2.05) is 0 Å². The Hall–Kier alpha value is -0.0800. The maximum absolute atomic E-state index is 3.47. The lowest BCUT2D eigenvalue weighted by atomic mass is 9.93. The zero-order chi connectivity index (χ0) is 10.8. The van der Waals surface area contributed by atoms with Crippen LogP contribution in [0.25, 0.3) is 0 Å². The molecule has 1 fully saturated rings. The fourth-order valence-electron chi connectivity index (χ4n) is 1.98. The van der Waals surface area contributed by atoms with Gasteiger partial charge in [-0.25, -0.2) is 0 Å². The van der Waals surface area contributed by atoms with Crippen molar-refractivity contribution < 1.29 is 0 Å². The third-order valence-corrected chi connectivity index (χ3v) is 4.08. The maximum atomic E-state index is 3.47. The molecule has 1 N–H and O–H groups in total. The molecular weight excluding hydrogens is 172 g/mol. The fraction of sp³-hybridized carbons (Fsp3) is 1.00. The van der Waals surface area contributed by atoms with Crippen molar-refractivity contribution in [2.75, 3.05) is 26.7 Å². The molecule has 1 heterocycles. The molecule has 0 saturated carbocycles. The highest BCUT2D eigenvalue weighted by molar-refractivity contribution is 4.84. The van der Waals surface area contributed by atoms with Crippen molar-refractivity contribution in [3.63, 3.8) is 0 Å². The molecule has 2 nitrogen and oxygen atoms in total. The molecular formula is C12H26N2. The molecule has 1 aliphatic rings. The van der Waals surface area contributed by atoms with E-state index in [0.717, 1.165) is 11.8 Å². The van der Waals surface area contributed by atoms with Gasteiger partial charge in [0.1, 0.15) is 0 Å². The van der Waals surface area contributed by atoms with Crippen LogP contribution in [-0.2, 0) is 0 Å². The van der Waals surface area contributed by atoms with Crippen molar-refractivity contribution in [3.05, 3.63) is 0 Å². The van der Waals surface area contributed by atoms with E-state index in [1.54, 1.807) is 0 Å². The van der Waals surface area contributed by atoms with Gasteiger partial charge in [0.15, 0.2) is 0 Å². The van der Waals surface area contributed by atoms with Crippen LogP contribution in [0.2, 0.25) is 0 Å². The Kier molecular flexibility index (Phi) is 3.96. The standard InChI is InChI=1S/C12H26N2/c1-6-12(3,4)14(5)9-11-8-13-7-10(11)2/h10-11,13H,6-9H2,1-5H3/t10-,11+/m1/s1. The highest BCUT2D eigenvalue weighted by atomic mass is 15.2. The average Bonchev–Trinajstić information content (AvgIpc) is 2.52. The molecule has 0 unspecified atom stereocenters. The van der Waals surface area contributed by atoms with Gasteiger partial charge in [0.25, 0.3) is 0 Å². The number of hydrogen-bond donors (Lipinski definition) is 1. The monoisotopic (exact) mass is 198 g/mol. The summed E-state index contributed by atoms with van der Waals surface area (Å²) in [4.78, 5) is 2.52. The minimum atomic E-state index is 0.350. The van der Waals surface area contributed by atoms with E-state index in [4.69, 9.17) is 0 Å². The number of rotatable bonds is 4. The lowest BCUT2D eigenvalue weighted by Crippen LogP contribution is -2.44. The molecule has 0 aliphatic carbocycles. The van der Waals surface area contributed by atoms with Gasteiger partial charge < -0.3 is 10.2 Å². The second-order valence-electron chi connectivity index (χ2n) is 5.44. The smallest absolute Gasteiger partial charge is 0.0147 e. The van der Waals surface area contributed by atoms with Crippen LogP contribution in [0.5, 0.6) is 0 Å². The van der Waals surface area contributed by atoms with Crippen molar-refractivity contribution in [1.82, 2.24) is 10.2 Å². The van der Waals surface area contributed by atoms with Crippen LogP contribution >= 0.6 is 0 Å². The topological polar surface area (TPSA) is 15.3 Å². The number of nitrogens with zero attached hydrogens (tertiary/aromatic N) is 1.